The van der Waals surface area contributed by atoms with Crippen LogP contribution >= 0.6 is 0 Å². The monoisotopic (exact) mass is 279 g/mol. The van der Waals surface area contributed by atoms with Crippen molar-refractivity contribution in [1.82, 2.24) is 0 Å². The van der Waals surface area contributed by atoms with Crippen molar-refractivity contribution in [2.24, 2.45) is 22.5 Å². The molecule has 3 unspecified atom stereocenters. The fourth-order valence-electron chi connectivity index (χ4n) is 4.39. The highest BCUT2D eigenvalue weighted by molar-refractivity contribution is 5.73. The van der Waals surface area contributed by atoms with Gasteiger partial charge in [-0.2, -0.15) is 13.2 Å². The van der Waals surface area contributed by atoms with Crippen LogP contribution in [0.2, 0.25) is 0 Å². The molecule has 0 aliphatic heterocycles. The predicted octanol–water partition coefficient (Wildman–Crippen LogP) is 2.94. The zero-order chi connectivity index (χ0) is 14.5. The van der Waals surface area contributed by atoms with Crippen molar-refractivity contribution in [1.29, 1.82) is 0 Å². The van der Waals surface area contributed by atoms with Crippen LogP contribution < -0.4 is 5.73 Å². The van der Waals surface area contributed by atoms with E-state index >= 15 is 0 Å². The summed E-state index contributed by atoms with van der Waals surface area (Å²) >= 11 is 0. The van der Waals surface area contributed by atoms with Crippen LogP contribution in [0.5, 0.6) is 0 Å². The number of halogens is 3. The molecule has 3 atom stereocenters. The number of carboxylic acid groups (broad SMARTS) is 1. The Morgan fingerprint density at radius 1 is 1.32 bits per heavy atom. The molecule has 0 amide bonds. The van der Waals surface area contributed by atoms with E-state index < -0.39 is 12.1 Å². The number of carboxylic acids is 1. The van der Waals surface area contributed by atoms with Gasteiger partial charge in [0, 0.05) is 6.04 Å². The first-order chi connectivity index (χ1) is 8.62. The molecule has 1 spiro atoms. The van der Waals surface area contributed by atoms with Gasteiger partial charge in [0.15, 0.2) is 0 Å². The number of nitrogens with two attached hydrogens (primary N) is 1. The number of alkyl halides is 3. The number of fused-ring (bicyclic) bond motifs is 3. The molecule has 0 aromatic rings. The first-order valence-electron chi connectivity index (χ1n) is 6.68. The van der Waals surface area contributed by atoms with Crippen LogP contribution in [0.1, 0.15) is 45.4 Å². The van der Waals surface area contributed by atoms with E-state index in [1.165, 1.54) is 38.5 Å². The van der Waals surface area contributed by atoms with Crippen molar-refractivity contribution in [3.63, 3.8) is 0 Å². The van der Waals surface area contributed by atoms with Crippen LogP contribution in [-0.2, 0) is 4.79 Å². The summed E-state index contributed by atoms with van der Waals surface area (Å²) in [5.41, 5.74) is 7.60. The molecule has 0 aromatic heterocycles. The minimum absolute atomic E-state index is 0.560. The van der Waals surface area contributed by atoms with Crippen LogP contribution in [0.15, 0.2) is 0 Å². The molecule has 3 aliphatic carbocycles. The third-order valence-corrected chi connectivity index (χ3v) is 5.62. The summed E-state index contributed by atoms with van der Waals surface area (Å²) < 4.78 is 31.7. The summed E-state index contributed by atoms with van der Waals surface area (Å²) in [5, 5.41) is 7.12. The first-order valence-corrected chi connectivity index (χ1v) is 6.68. The Labute approximate surface area is 110 Å². The van der Waals surface area contributed by atoms with Crippen molar-refractivity contribution in [2.45, 2.75) is 57.7 Å². The molecule has 6 heteroatoms. The third-order valence-electron chi connectivity index (χ3n) is 5.62. The largest absolute Gasteiger partial charge is 0.490 e. The molecule has 110 valence electrons. The second-order valence-electron chi connectivity index (χ2n) is 6.40. The maximum absolute atomic E-state index is 10.6. The van der Waals surface area contributed by atoms with Gasteiger partial charge in [0.25, 0.3) is 0 Å². The lowest BCUT2D eigenvalue weighted by Gasteiger charge is -2.55. The third kappa shape index (κ3) is 2.14. The standard InChI is InChI=1S/C11H19N.C2HF3O2/c1-10-6-3-8(7-10)9(12)11(10)4-2-5-11;3-2(4,5)1(6)7/h8-9H,2-7,12H2,1H3;(H,6,7). The Kier molecular flexibility index (Phi) is 3.36. The van der Waals surface area contributed by atoms with E-state index in [-0.39, 0.29) is 0 Å². The van der Waals surface area contributed by atoms with Crippen molar-refractivity contribution in [3.05, 3.63) is 0 Å². The van der Waals surface area contributed by atoms with Crippen LogP contribution in [0.4, 0.5) is 13.2 Å². The van der Waals surface area contributed by atoms with Crippen LogP contribution in [-0.4, -0.2) is 23.3 Å². The molecule has 0 aromatic carbocycles. The molecule has 3 fully saturated rings. The topological polar surface area (TPSA) is 63.3 Å². The van der Waals surface area contributed by atoms with E-state index in [2.05, 4.69) is 6.92 Å². The van der Waals surface area contributed by atoms with Gasteiger partial charge in [-0.1, -0.05) is 13.3 Å². The normalized spacial score (nSPS) is 38.6. The number of hydrogen-bond donors (Lipinski definition) is 2. The van der Waals surface area contributed by atoms with Gasteiger partial charge in [0.1, 0.15) is 0 Å². The fraction of sp³-hybridized carbons (Fsp3) is 0.923. The van der Waals surface area contributed by atoms with Crippen LogP contribution in [0.3, 0.4) is 0 Å². The highest BCUT2D eigenvalue weighted by Gasteiger charge is 2.65. The molecule has 3 N–H and O–H groups in total. The second-order valence-corrected chi connectivity index (χ2v) is 6.40. The molecular weight excluding hydrogens is 259 g/mol. The highest BCUT2D eigenvalue weighted by atomic mass is 19.4. The van der Waals surface area contributed by atoms with E-state index in [9.17, 15) is 13.2 Å². The molecule has 0 heterocycles. The molecule has 2 bridgehead atoms. The minimum atomic E-state index is -5.08. The average molecular weight is 279 g/mol. The van der Waals surface area contributed by atoms with E-state index in [1.807, 2.05) is 0 Å². The summed E-state index contributed by atoms with van der Waals surface area (Å²) in [4.78, 5) is 8.90. The SMILES string of the molecule is CC12CCC(C1)C(N)C21CCC1.O=C(O)C(F)(F)F. The Hall–Kier alpha value is -0.780. The molecule has 3 saturated carbocycles. The van der Waals surface area contributed by atoms with E-state index in [0.717, 1.165) is 5.92 Å². The highest BCUT2D eigenvalue weighted by Crippen LogP contribution is 2.70. The summed E-state index contributed by atoms with van der Waals surface area (Å²) in [6, 6.07) is 0.560. The predicted molar refractivity (Wildman–Crippen MR) is 63.4 cm³/mol. The summed E-state index contributed by atoms with van der Waals surface area (Å²) in [5.74, 6) is -1.87. The number of carbonyl (C=O) groups is 1. The van der Waals surface area contributed by atoms with Gasteiger partial charge >= 0.3 is 12.1 Å². The molecule has 0 radical (unpaired) electrons. The number of hydrogen-bond acceptors (Lipinski definition) is 2. The van der Waals surface area contributed by atoms with Crippen molar-refractivity contribution >= 4 is 5.97 Å². The van der Waals surface area contributed by atoms with Gasteiger partial charge < -0.3 is 10.8 Å². The van der Waals surface area contributed by atoms with Gasteiger partial charge in [0.2, 0.25) is 0 Å². The fourth-order valence-corrected chi connectivity index (χ4v) is 4.39. The zero-order valence-corrected chi connectivity index (χ0v) is 11.0. The van der Waals surface area contributed by atoms with E-state index in [0.29, 0.717) is 16.9 Å². The molecule has 3 aliphatic rings. The Morgan fingerprint density at radius 3 is 2.05 bits per heavy atom. The molecule has 19 heavy (non-hydrogen) atoms. The lowest BCUT2D eigenvalue weighted by molar-refractivity contribution is -0.192. The van der Waals surface area contributed by atoms with Gasteiger partial charge in [-0.3, -0.25) is 0 Å². The van der Waals surface area contributed by atoms with Crippen molar-refractivity contribution in [2.75, 3.05) is 0 Å². The molecular formula is C13H20F3NO2. The average Bonchev–Trinajstić information content (AvgIpc) is 2.67. The molecule has 0 saturated heterocycles. The second kappa shape index (κ2) is 4.36. The van der Waals surface area contributed by atoms with Crippen LogP contribution in [0, 0.1) is 16.7 Å². The van der Waals surface area contributed by atoms with Crippen molar-refractivity contribution < 1.29 is 23.1 Å². The molecule has 3 rings (SSSR count). The Morgan fingerprint density at radius 2 is 1.84 bits per heavy atom. The van der Waals surface area contributed by atoms with Gasteiger partial charge in [-0.05, 0) is 48.9 Å². The van der Waals surface area contributed by atoms with Crippen LogP contribution in [0.25, 0.3) is 0 Å². The lowest BCUT2D eigenvalue weighted by atomic mass is 9.51. The van der Waals surface area contributed by atoms with E-state index in [1.54, 1.807) is 0 Å². The van der Waals surface area contributed by atoms with Crippen molar-refractivity contribution in [3.8, 4) is 0 Å². The summed E-state index contributed by atoms with van der Waals surface area (Å²) in [6.45, 7) is 2.50. The lowest BCUT2D eigenvalue weighted by Crippen LogP contribution is -2.54. The summed E-state index contributed by atoms with van der Waals surface area (Å²) in [6.07, 6.45) is 3.54. The first kappa shape index (κ1) is 14.6. The Balaban J connectivity index is 0.000000167. The quantitative estimate of drug-likeness (QED) is 0.716. The maximum Gasteiger partial charge on any atom is 0.490 e. The van der Waals surface area contributed by atoms with Gasteiger partial charge in [-0.15, -0.1) is 0 Å². The summed E-state index contributed by atoms with van der Waals surface area (Å²) in [7, 11) is 0. The zero-order valence-electron chi connectivity index (χ0n) is 11.0. The number of aliphatic carboxylic acids is 1. The smallest absolute Gasteiger partial charge is 0.475 e. The number of rotatable bonds is 0. The Bertz CT molecular complexity index is 379. The van der Waals surface area contributed by atoms with Gasteiger partial charge in [0.05, 0.1) is 0 Å². The minimum Gasteiger partial charge on any atom is -0.475 e. The van der Waals surface area contributed by atoms with Gasteiger partial charge in [-0.25, -0.2) is 4.79 Å². The maximum atomic E-state index is 10.6. The van der Waals surface area contributed by atoms with E-state index in [4.69, 9.17) is 15.6 Å². The molecule has 3 nitrogen and oxygen atoms in total.